The molecule has 2 aliphatic rings. The van der Waals surface area contributed by atoms with Gasteiger partial charge in [0, 0.05) is 16.5 Å². The summed E-state index contributed by atoms with van der Waals surface area (Å²) in [5.74, 6) is 0. The van der Waals surface area contributed by atoms with E-state index in [2.05, 4.69) is 0 Å². The maximum atomic E-state index is 2.00. The molecule has 0 aromatic rings. The van der Waals surface area contributed by atoms with Crippen LogP contribution in [0, 0.1) is 0 Å². The summed E-state index contributed by atoms with van der Waals surface area (Å²) >= 11 is 0. The molecule has 0 nitrogen and oxygen atoms in total. The van der Waals surface area contributed by atoms with Gasteiger partial charge in [0.2, 0.25) is 0 Å². The van der Waals surface area contributed by atoms with Crippen molar-refractivity contribution >= 4 is 0 Å². The second kappa shape index (κ2) is 12.5. The van der Waals surface area contributed by atoms with E-state index in [4.69, 9.17) is 0 Å². The molecular weight excluding hydrogens is 251 g/mol. The SMILES string of the molecule is C1=C\C=C/C=C\C=C/1.C1=C\C=C/C=C\C=C/1.[Ni]. The van der Waals surface area contributed by atoms with Gasteiger partial charge in [-0.05, 0) is 0 Å². The Labute approximate surface area is 114 Å². The molecule has 2 rings (SSSR count). The summed E-state index contributed by atoms with van der Waals surface area (Å²) in [4.78, 5) is 0. The van der Waals surface area contributed by atoms with Gasteiger partial charge in [-0.25, -0.2) is 0 Å². The number of hydrogen-bond donors (Lipinski definition) is 0. The zero-order chi connectivity index (χ0) is 11.3. The number of allylic oxidation sites excluding steroid dienone is 16. The Morgan fingerprint density at radius 2 is 0.235 bits per heavy atom. The minimum absolute atomic E-state index is 0. The van der Waals surface area contributed by atoms with Crippen LogP contribution in [0.2, 0.25) is 0 Å². The molecule has 0 aromatic carbocycles. The Balaban J connectivity index is 0.000000284. The molecule has 0 bridgehead atoms. The van der Waals surface area contributed by atoms with Gasteiger partial charge in [0.15, 0.2) is 0 Å². The van der Waals surface area contributed by atoms with Crippen molar-refractivity contribution in [1.82, 2.24) is 0 Å². The molecule has 0 spiro atoms. The fraction of sp³-hybridized carbons (Fsp3) is 0. The van der Waals surface area contributed by atoms with Gasteiger partial charge in [0.25, 0.3) is 0 Å². The standard InChI is InChI=1S/2C8H8.Ni/c2*1-2-4-6-8-7-5-3-1;/h2*1-8H;/b2*2-1-,3-1?,4-2?,5-3-,6-4-,7-5?,8-6?,8-7-;. The van der Waals surface area contributed by atoms with Crippen LogP contribution in [0.3, 0.4) is 0 Å². The molecule has 0 heterocycles. The summed E-state index contributed by atoms with van der Waals surface area (Å²) in [5.41, 5.74) is 0. The Morgan fingerprint density at radius 3 is 0.294 bits per heavy atom. The van der Waals surface area contributed by atoms with Gasteiger partial charge >= 0.3 is 0 Å². The first-order chi connectivity index (χ1) is 8.00. The third kappa shape index (κ3) is 10.7. The predicted octanol–water partition coefficient (Wildman–Crippen LogP) is 4.45. The van der Waals surface area contributed by atoms with Crippen LogP contribution in [0.1, 0.15) is 0 Å². The van der Waals surface area contributed by atoms with Crippen molar-refractivity contribution in [3.8, 4) is 0 Å². The van der Waals surface area contributed by atoms with Crippen molar-refractivity contribution in [3.05, 3.63) is 97.2 Å². The zero-order valence-electron chi connectivity index (χ0n) is 9.55. The maximum absolute atomic E-state index is 2.00. The fourth-order valence-corrected chi connectivity index (χ4v) is 1.03. The van der Waals surface area contributed by atoms with E-state index >= 15 is 0 Å². The molecule has 0 aliphatic heterocycles. The molecule has 0 amide bonds. The first-order valence-corrected chi connectivity index (χ1v) is 5.33. The van der Waals surface area contributed by atoms with E-state index < -0.39 is 0 Å². The molecule has 0 radical (unpaired) electrons. The van der Waals surface area contributed by atoms with Crippen LogP contribution in [0.5, 0.6) is 0 Å². The average molecular weight is 267 g/mol. The fourth-order valence-electron chi connectivity index (χ4n) is 1.03. The summed E-state index contributed by atoms with van der Waals surface area (Å²) in [7, 11) is 0. The molecule has 2 aliphatic carbocycles. The molecule has 0 N–H and O–H groups in total. The van der Waals surface area contributed by atoms with Gasteiger partial charge in [0.05, 0.1) is 0 Å². The molecule has 1 heteroatoms. The van der Waals surface area contributed by atoms with Crippen LogP contribution in [-0.2, 0) is 16.5 Å². The van der Waals surface area contributed by atoms with Gasteiger partial charge in [-0.3, -0.25) is 0 Å². The summed E-state index contributed by atoms with van der Waals surface area (Å²) in [6, 6.07) is 0. The first-order valence-electron chi connectivity index (χ1n) is 5.33. The molecule has 0 aromatic heterocycles. The van der Waals surface area contributed by atoms with Crippen molar-refractivity contribution in [1.29, 1.82) is 0 Å². The Bertz CT molecular complexity index is 247. The molecular formula is C16H16Ni. The molecule has 90 valence electrons. The monoisotopic (exact) mass is 266 g/mol. The van der Waals surface area contributed by atoms with E-state index in [1.165, 1.54) is 0 Å². The van der Waals surface area contributed by atoms with Crippen LogP contribution >= 0.6 is 0 Å². The number of rotatable bonds is 0. The summed E-state index contributed by atoms with van der Waals surface area (Å²) in [6.45, 7) is 0. The summed E-state index contributed by atoms with van der Waals surface area (Å²) in [5, 5.41) is 0. The van der Waals surface area contributed by atoms with Crippen LogP contribution in [0.25, 0.3) is 0 Å². The minimum atomic E-state index is 0. The Kier molecular flexibility index (Phi) is 11.3. The largest absolute Gasteiger partial charge is 0.0623 e. The normalized spacial score (nSPS) is 30.1. The summed E-state index contributed by atoms with van der Waals surface area (Å²) in [6.07, 6.45) is 32.0. The van der Waals surface area contributed by atoms with Crippen LogP contribution in [0.4, 0.5) is 0 Å². The average Bonchev–Trinajstić information content (AvgIpc) is 2.15. The Morgan fingerprint density at radius 1 is 0.176 bits per heavy atom. The second-order valence-corrected chi connectivity index (χ2v) is 3.08. The maximum Gasteiger partial charge on any atom is 0 e. The molecule has 17 heavy (non-hydrogen) atoms. The molecule has 0 saturated carbocycles. The van der Waals surface area contributed by atoms with Gasteiger partial charge < -0.3 is 0 Å². The van der Waals surface area contributed by atoms with E-state index in [0.717, 1.165) is 0 Å². The van der Waals surface area contributed by atoms with Crippen LogP contribution in [0.15, 0.2) is 97.2 Å². The van der Waals surface area contributed by atoms with E-state index in [1.807, 2.05) is 97.2 Å². The van der Waals surface area contributed by atoms with Crippen molar-refractivity contribution < 1.29 is 16.5 Å². The smallest absolute Gasteiger partial charge is 0 e. The van der Waals surface area contributed by atoms with Gasteiger partial charge in [-0.2, -0.15) is 0 Å². The predicted molar refractivity (Wildman–Crippen MR) is 73.1 cm³/mol. The van der Waals surface area contributed by atoms with Crippen molar-refractivity contribution in [3.63, 3.8) is 0 Å². The van der Waals surface area contributed by atoms with Crippen molar-refractivity contribution in [2.75, 3.05) is 0 Å². The van der Waals surface area contributed by atoms with E-state index in [0.29, 0.717) is 0 Å². The quantitative estimate of drug-likeness (QED) is 0.569. The van der Waals surface area contributed by atoms with E-state index in [1.54, 1.807) is 0 Å². The second-order valence-electron chi connectivity index (χ2n) is 3.08. The third-order valence-electron chi connectivity index (χ3n) is 1.78. The van der Waals surface area contributed by atoms with Crippen LogP contribution < -0.4 is 0 Å². The summed E-state index contributed by atoms with van der Waals surface area (Å²) < 4.78 is 0. The zero-order valence-corrected chi connectivity index (χ0v) is 10.5. The molecule has 0 fully saturated rings. The number of hydrogen-bond acceptors (Lipinski definition) is 0. The van der Waals surface area contributed by atoms with Gasteiger partial charge in [-0.1, -0.05) is 97.2 Å². The van der Waals surface area contributed by atoms with Crippen molar-refractivity contribution in [2.24, 2.45) is 0 Å². The topological polar surface area (TPSA) is 0 Å². The van der Waals surface area contributed by atoms with Crippen molar-refractivity contribution in [2.45, 2.75) is 0 Å². The molecule has 0 unspecified atom stereocenters. The third-order valence-corrected chi connectivity index (χ3v) is 1.78. The van der Waals surface area contributed by atoms with E-state index in [9.17, 15) is 0 Å². The molecule has 0 saturated heterocycles. The minimum Gasteiger partial charge on any atom is -0.0623 e. The van der Waals surface area contributed by atoms with Gasteiger partial charge in [0.1, 0.15) is 0 Å². The van der Waals surface area contributed by atoms with Gasteiger partial charge in [-0.15, -0.1) is 0 Å². The van der Waals surface area contributed by atoms with E-state index in [-0.39, 0.29) is 16.5 Å². The Hall–Kier alpha value is -1.59. The van der Waals surface area contributed by atoms with Crippen LogP contribution in [-0.4, -0.2) is 0 Å². The molecule has 0 atom stereocenters. The first kappa shape index (κ1) is 15.4.